The topological polar surface area (TPSA) is 26.0 Å². The molecule has 2 unspecified atom stereocenters. The van der Waals surface area contributed by atoms with Crippen molar-refractivity contribution < 1.29 is 8.78 Å². The molecule has 1 nitrogen and oxygen atoms in total. The number of halogens is 3. The van der Waals surface area contributed by atoms with E-state index < -0.39 is 17.7 Å². The Bertz CT molecular complexity index is 642. The van der Waals surface area contributed by atoms with E-state index in [1.807, 2.05) is 24.3 Å². The Hall–Kier alpha value is -1.26. The van der Waals surface area contributed by atoms with Crippen LogP contribution in [0.5, 0.6) is 0 Å². The first-order valence-electron chi connectivity index (χ1n) is 6.05. The van der Waals surface area contributed by atoms with E-state index in [9.17, 15) is 8.78 Å². The van der Waals surface area contributed by atoms with E-state index in [-0.39, 0.29) is 16.0 Å². The molecule has 1 aliphatic carbocycles. The number of nitrogens with two attached hydrogens (primary N) is 1. The van der Waals surface area contributed by atoms with Gasteiger partial charge in [-0.15, -0.1) is 0 Å². The van der Waals surface area contributed by atoms with Crippen LogP contribution < -0.4 is 5.73 Å². The molecule has 2 aromatic rings. The van der Waals surface area contributed by atoms with Gasteiger partial charge >= 0.3 is 0 Å². The largest absolute Gasteiger partial charge is 0.323 e. The van der Waals surface area contributed by atoms with Crippen LogP contribution in [-0.2, 0) is 6.42 Å². The van der Waals surface area contributed by atoms with E-state index in [0.29, 0.717) is 0 Å². The molecule has 2 atom stereocenters. The van der Waals surface area contributed by atoms with Gasteiger partial charge in [0.25, 0.3) is 0 Å². The Kier molecular flexibility index (Phi) is 3.15. The van der Waals surface area contributed by atoms with Crippen LogP contribution in [0.15, 0.2) is 40.9 Å². The van der Waals surface area contributed by atoms with Crippen molar-refractivity contribution in [3.8, 4) is 0 Å². The van der Waals surface area contributed by atoms with Gasteiger partial charge in [-0.25, -0.2) is 8.78 Å². The first kappa shape index (κ1) is 12.8. The second-order valence-corrected chi connectivity index (χ2v) is 5.68. The van der Waals surface area contributed by atoms with E-state index >= 15 is 0 Å². The molecule has 0 amide bonds. The third kappa shape index (κ3) is 2.09. The Morgan fingerprint density at radius 1 is 1.16 bits per heavy atom. The molecule has 1 aliphatic rings. The normalized spacial score (nSPS) is 18.6. The van der Waals surface area contributed by atoms with Gasteiger partial charge in [-0.3, -0.25) is 0 Å². The Morgan fingerprint density at radius 2 is 1.89 bits per heavy atom. The third-order valence-corrected chi connectivity index (χ3v) is 4.33. The van der Waals surface area contributed by atoms with Crippen molar-refractivity contribution >= 4 is 15.9 Å². The van der Waals surface area contributed by atoms with Crippen molar-refractivity contribution in [3.63, 3.8) is 0 Å². The molecule has 2 N–H and O–H groups in total. The van der Waals surface area contributed by atoms with Crippen molar-refractivity contribution in [1.29, 1.82) is 0 Å². The molecule has 0 spiro atoms. The lowest BCUT2D eigenvalue weighted by Crippen LogP contribution is -2.29. The smallest absolute Gasteiger partial charge is 0.137 e. The van der Waals surface area contributed by atoms with Gasteiger partial charge in [0.1, 0.15) is 11.6 Å². The van der Waals surface area contributed by atoms with Gasteiger partial charge < -0.3 is 5.73 Å². The lowest BCUT2D eigenvalue weighted by atomic mass is 9.72. The van der Waals surface area contributed by atoms with Gasteiger partial charge in [0.2, 0.25) is 0 Å². The number of rotatable bonds is 2. The highest BCUT2D eigenvalue weighted by Gasteiger charge is 2.33. The fourth-order valence-corrected chi connectivity index (χ4v) is 2.94. The lowest BCUT2D eigenvalue weighted by Gasteiger charge is -2.35. The lowest BCUT2D eigenvalue weighted by molar-refractivity contribution is 0.471. The van der Waals surface area contributed by atoms with Crippen LogP contribution in [0.2, 0.25) is 0 Å². The molecule has 0 bridgehead atoms. The summed E-state index contributed by atoms with van der Waals surface area (Å²) in [5.41, 5.74) is 8.72. The molecular weight excluding hydrogens is 312 g/mol. The molecule has 0 aromatic heterocycles. The number of hydrogen-bond donors (Lipinski definition) is 1. The zero-order valence-electron chi connectivity index (χ0n) is 10.0. The van der Waals surface area contributed by atoms with Crippen molar-refractivity contribution in [2.45, 2.75) is 18.4 Å². The highest BCUT2D eigenvalue weighted by Crippen LogP contribution is 2.43. The van der Waals surface area contributed by atoms with Crippen LogP contribution in [0, 0.1) is 11.6 Å². The molecule has 0 heterocycles. The van der Waals surface area contributed by atoms with Crippen LogP contribution in [0.25, 0.3) is 0 Å². The summed E-state index contributed by atoms with van der Waals surface area (Å²) in [6, 6.07) is 9.75. The Balaban J connectivity index is 1.94. The van der Waals surface area contributed by atoms with Crippen molar-refractivity contribution in [1.82, 2.24) is 0 Å². The average molecular weight is 324 g/mol. The van der Waals surface area contributed by atoms with Gasteiger partial charge in [-0.2, -0.15) is 0 Å². The second kappa shape index (κ2) is 4.69. The summed E-state index contributed by atoms with van der Waals surface area (Å²) in [5.74, 6) is -0.893. The summed E-state index contributed by atoms with van der Waals surface area (Å²) in [5, 5.41) is 0. The van der Waals surface area contributed by atoms with Crippen molar-refractivity contribution in [2.75, 3.05) is 0 Å². The summed E-state index contributed by atoms with van der Waals surface area (Å²) in [7, 11) is 0. The SMILES string of the molecule is NC(c1cc(F)c(Br)cc1F)C1Cc2ccccc21. The van der Waals surface area contributed by atoms with E-state index in [2.05, 4.69) is 15.9 Å². The zero-order chi connectivity index (χ0) is 13.6. The molecule has 2 aromatic carbocycles. The molecule has 4 heteroatoms. The summed E-state index contributed by atoms with van der Waals surface area (Å²) >= 11 is 2.97. The van der Waals surface area contributed by atoms with Crippen molar-refractivity contribution in [2.24, 2.45) is 5.73 Å². The summed E-state index contributed by atoms with van der Waals surface area (Å²) < 4.78 is 27.6. The van der Waals surface area contributed by atoms with Crippen LogP contribution in [0.4, 0.5) is 8.78 Å². The molecule has 19 heavy (non-hydrogen) atoms. The molecule has 0 saturated heterocycles. The second-order valence-electron chi connectivity index (χ2n) is 4.82. The predicted octanol–water partition coefficient (Wildman–Crippen LogP) is 4.07. The van der Waals surface area contributed by atoms with Crippen LogP contribution in [0.1, 0.15) is 28.7 Å². The maximum absolute atomic E-state index is 13.9. The fourth-order valence-electron chi connectivity index (χ4n) is 2.63. The van der Waals surface area contributed by atoms with Gasteiger partial charge in [-0.1, -0.05) is 24.3 Å². The minimum absolute atomic E-state index is 0.0614. The first-order valence-corrected chi connectivity index (χ1v) is 6.85. The molecule has 0 radical (unpaired) electrons. The van der Waals surface area contributed by atoms with Crippen molar-refractivity contribution in [3.05, 3.63) is 69.2 Å². The summed E-state index contributed by atoms with van der Waals surface area (Å²) in [4.78, 5) is 0. The number of benzene rings is 2. The Labute approximate surface area is 118 Å². The van der Waals surface area contributed by atoms with E-state index in [1.165, 1.54) is 11.6 Å². The van der Waals surface area contributed by atoms with Gasteiger partial charge in [0, 0.05) is 17.5 Å². The molecule has 0 aliphatic heterocycles. The monoisotopic (exact) mass is 323 g/mol. The molecule has 3 rings (SSSR count). The van der Waals surface area contributed by atoms with Crippen LogP contribution in [0.3, 0.4) is 0 Å². The number of fused-ring (bicyclic) bond motifs is 1. The average Bonchev–Trinajstić information content (AvgIpc) is 2.35. The van der Waals surface area contributed by atoms with E-state index in [1.54, 1.807) is 0 Å². The fraction of sp³-hybridized carbons (Fsp3) is 0.200. The minimum atomic E-state index is -0.516. The molecular formula is C15H12BrF2N. The van der Waals surface area contributed by atoms with Gasteiger partial charge in [0.15, 0.2) is 0 Å². The quantitative estimate of drug-likeness (QED) is 0.828. The Morgan fingerprint density at radius 3 is 2.63 bits per heavy atom. The minimum Gasteiger partial charge on any atom is -0.323 e. The van der Waals surface area contributed by atoms with Gasteiger partial charge in [-0.05, 0) is 45.6 Å². The molecule has 0 saturated carbocycles. The summed E-state index contributed by atoms with van der Waals surface area (Å²) in [6.45, 7) is 0. The molecule has 0 fully saturated rings. The number of hydrogen-bond acceptors (Lipinski definition) is 1. The first-order chi connectivity index (χ1) is 9.08. The third-order valence-electron chi connectivity index (χ3n) is 3.73. The summed E-state index contributed by atoms with van der Waals surface area (Å²) in [6.07, 6.45) is 0.814. The van der Waals surface area contributed by atoms with Gasteiger partial charge in [0.05, 0.1) is 4.47 Å². The predicted molar refractivity (Wildman–Crippen MR) is 73.9 cm³/mol. The maximum atomic E-state index is 13.9. The molecule has 98 valence electrons. The highest BCUT2D eigenvalue weighted by atomic mass is 79.9. The zero-order valence-corrected chi connectivity index (χ0v) is 11.6. The van der Waals surface area contributed by atoms with E-state index in [0.717, 1.165) is 18.1 Å². The highest BCUT2D eigenvalue weighted by molar-refractivity contribution is 9.10. The standard InChI is InChI=1S/C15H12BrF2N/c16-12-7-13(17)11(6-14(12)18)15(19)10-5-8-3-1-2-4-9(8)10/h1-4,6-7,10,15H,5,19H2. The van der Waals surface area contributed by atoms with Crippen LogP contribution >= 0.6 is 15.9 Å². The maximum Gasteiger partial charge on any atom is 0.137 e. The van der Waals surface area contributed by atoms with Crippen LogP contribution in [-0.4, -0.2) is 0 Å². The van der Waals surface area contributed by atoms with E-state index in [4.69, 9.17) is 5.73 Å².